The van der Waals surface area contributed by atoms with Gasteiger partial charge in [-0.3, -0.25) is 0 Å². The molecule has 0 fully saturated rings. The van der Waals surface area contributed by atoms with E-state index >= 15 is 0 Å². The Kier molecular flexibility index (Phi) is 6.18. The summed E-state index contributed by atoms with van der Waals surface area (Å²) in [6, 6.07) is 18.7. The molecule has 0 bridgehead atoms. The van der Waals surface area contributed by atoms with Crippen molar-refractivity contribution in [1.82, 2.24) is 4.98 Å². The summed E-state index contributed by atoms with van der Waals surface area (Å²) in [4.78, 5) is 4.49. The van der Waals surface area contributed by atoms with E-state index in [1.807, 2.05) is 54.6 Å². The highest BCUT2D eigenvalue weighted by Crippen LogP contribution is 2.21. The molecule has 0 atom stereocenters. The lowest BCUT2D eigenvalue weighted by molar-refractivity contribution is 0.394. The molecule has 138 valence electrons. The molecule has 3 aromatic rings. The van der Waals surface area contributed by atoms with Crippen molar-refractivity contribution in [2.24, 2.45) is 0 Å². The molecule has 0 aliphatic heterocycles. The van der Waals surface area contributed by atoms with Crippen molar-refractivity contribution >= 4 is 0 Å². The number of benzene rings is 2. The standard InChI is InChI=1S/C24H19NO3/c1-26-22-13-9-18(10-14-22)7-11-20-5-4-6-21(25-20)12-8-19-15-23(27-2)17-24(16-19)28-3/h4-6,9-10,13-17H,1-3H3. The predicted molar refractivity (Wildman–Crippen MR) is 109 cm³/mol. The number of nitrogens with zero attached hydrogens (tertiary/aromatic N) is 1. The maximum absolute atomic E-state index is 5.27. The van der Waals surface area contributed by atoms with Gasteiger partial charge in [-0.2, -0.15) is 0 Å². The van der Waals surface area contributed by atoms with Gasteiger partial charge in [-0.1, -0.05) is 17.9 Å². The zero-order chi connectivity index (χ0) is 19.8. The average molecular weight is 369 g/mol. The number of aromatic nitrogens is 1. The number of pyridine rings is 1. The topological polar surface area (TPSA) is 40.6 Å². The van der Waals surface area contributed by atoms with E-state index in [0.29, 0.717) is 22.9 Å². The second-order valence-corrected chi connectivity index (χ2v) is 5.74. The van der Waals surface area contributed by atoms with Gasteiger partial charge in [-0.05, 0) is 60.4 Å². The quantitative estimate of drug-likeness (QED) is 0.657. The number of methoxy groups -OCH3 is 3. The molecule has 0 saturated carbocycles. The van der Waals surface area contributed by atoms with Crippen molar-refractivity contribution in [3.05, 3.63) is 83.2 Å². The van der Waals surface area contributed by atoms with Crippen LogP contribution in [0.25, 0.3) is 0 Å². The Morgan fingerprint density at radius 1 is 0.571 bits per heavy atom. The van der Waals surface area contributed by atoms with E-state index in [2.05, 4.69) is 28.7 Å². The molecule has 0 aliphatic rings. The smallest absolute Gasteiger partial charge is 0.123 e. The summed E-state index contributed by atoms with van der Waals surface area (Å²) < 4.78 is 15.7. The number of hydrogen-bond donors (Lipinski definition) is 0. The summed E-state index contributed by atoms with van der Waals surface area (Å²) in [5.74, 6) is 14.5. The maximum Gasteiger partial charge on any atom is 0.123 e. The summed E-state index contributed by atoms with van der Waals surface area (Å²) in [5.41, 5.74) is 2.98. The van der Waals surface area contributed by atoms with Crippen molar-refractivity contribution in [3.8, 4) is 40.9 Å². The van der Waals surface area contributed by atoms with Crippen LogP contribution in [-0.4, -0.2) is 26.3 Å². The first-order valence-corrected chi connectivity index (χ1v) is 8.58. The zero-order valence-corrected chi connectivity index (χ0v) is 15.9. The minimum Gasteiger partial charge on any atom is -0.497 e. The number of ether oxygens (including phenoxy) is 3. The van der Waals surface area contributed by atoms with Gasteiger partial charge in [-0.25, -0.2) is 4.98 Å². The molecule has 0 N–H and O–H groups in total. The molecule has 3 rings (SSSR count). The van der Waals surface area contributed by atoms with E-state index in [9.17, 15) is 0 Å². The molecule has 0 amide bonds. The van der Waals surface area contributed by atoms with Crippen molar-refractivity contribution in [3.63, 3.8) is 0 Å². The molecule has 4 heteroatoms. The first-order valence-electron chi connectivity index (χ1n) is 8.58. The number of hydrogen-bond acceptors (Lipinski definition) is 4. The third-order valence-electron chi connectivity index (χ3n) is 3.86. The van der Waals surface area contributed by atoms with Gasteiger partial charge in [0, 0.05) is 17.2 Å². The zero-order valence-electron chi connectivity index (χ0n) is 15.9. The van der Waals surface area contributed by atoms with Crippen LogP contribution in [0.1, 0.15) is 22.5 Å². The lowest BCUT2D eigenvalue weighted by atomic mass is 10.2. The lowest BCUT2D eigenvalue weighted by Gasteiger charge is -2.04. The van der Waals surface area contributed by atoms with Gasteiger partial charge in [0.15, 0.2) is 0 Å². The summed E-state index contributed by atoms with van der Waals surface area (Å²) >= 11 is 0. The SMILES string of the molecule is COc1ccc(C#Cc2cccc(C#Cc3cc(OC)cc(OC)c3)n2)cc1. The van der Waals surface area contributed by atoms with E-state index in [1.54, 1.807) is 27.4 Å². The molecule has 28 heavy (non-hydrogen) atoms. The third kappa shape index (κ3) is 5.06. The Morgan fingerprint density at radius 3 is 1.64 bits per heavy atom. The molecule has 1 aromatic heterocycles. The highest BCUT2D eigenvalue weighted by Gasteiger charge is 2.00. The maximum atomic E-state index is 5.27. The van der Waals surface area contributed by atoms with Crippen LogP contribution in [0.4, 0.5) is 0 Å². The molecule has 0 spiro atoms. The Labute approximate surface area is 165 Å². The molecule has 2 aromatic carbocycles. The molecule has 1 heterocycles. The molecular formula is C24H19NO3. The van der Waals surface area contributed by atoms with E-state index in [0.717, 1.165) is 16.9 Å². The first kappa shape index (κ1) is 18.9. The fraction of sp³-hybridized carbons (Fsp3) is 0.125. The molecule has 0 unspecified atom stereocenters. The van der Waals surface area contributed by atoms with Gasteiger partial charge < -0.3 is 14.2 Å². The van der Waals surface area contributed by atoms with E-state index in [-0.39, 0.29) is 0 Å². The van der Waals surface area contributed by atoms with Gasteiger partial charge in [0.05, 0.1) is 21.3 Å². The van der Waals surface area contributed by atoms with Gasteiger partial charge in [0.25, 0.3) is 0 Å². The van der Waals surface area contributed by atoms with Crippen LogP contribution in [-0.2, 0) is 0 Å². The minimum absolute atomic E-state index is 0.642. The van der Waals surface area contributed by atoms with Crippen LogP contribution in [0.15, 0.2) is 60.7 Å². The molecular weight excluding hydrogens is 350 g/mol. The normalized spacial score (nSPS) is 9.39. The molecule has 0 saturated heterocycles. The second kappa shape index (κ2) is 9.16. The fourth-order valence-electron chi connectivity index (χ4n) is 2.40. The Morgan fingerprint density at radius 2 is 1.11 bits per heavy atom. The molecule has 0 aliphatic carbocycles. The van der Waals surface area contributed by atoms with Crippen LogP contribution in [0.5, 0.6) is 17.2 Å². The van der Waals surface area contributed by atoms with Crippen LogP contribution in [0, 0.1) is 23.7 Å². The first-order chi connectivity index (χ1) is 13.7. The van der Waals surface area contributed by atoms with E-state index < -0.39 is 0 Å². The number of rotatable bonds is 3. The van der Waals surface area contributed by atoms with Crippen molar-refractivity contribution in [2.75, 3.05) is 21.3 Å². The monoisotopic (exact) mass is 369 g/mol. The van der Waals surface area contributed by atoms with Crippen LogP contribution >= 0.6 is 0 Å². The van der Waals surface area contributed by atoms with Crippen LogP contribution < -0.4 is 14.2 Å². The summed E-state index contributed by atoms with van der Waals surface area (Å²) in [5, 5.41) is 0. The highest BCUT2D eigenvalue weighted by atomic mass is 16.5. The van der Waals surface area contributed by atoms with E-state index in [1.165, 1.54) is 0 Å². The second-order valence-electron chi connectivity index (χ2n) is 5.74. The van der Waals surface area contributed by atoms with Crippen LogP contribution in [0.3, 0.4) is 0 Å². The Balaban J connectivity index is 1.81. The van der Waals surface area contributed by atoms with E-state index in [4.69, 9.17) is 14.2 Å². The largest absolute Gasteiger partial charge is 0.497 e. The highest BCUT2D eigenvalue weighted by molar-refractivity contribution is 5.49. The summed E-state index contributed by atoms with van der Waals surface area (Å²) in [7, 11) is 4.86. The molecule has 0 radical (unpaired) electrons. The van der Waals surface area contributed by atoms with Gasteiger partial charge in [0.2, 0.25) is 0 Å². The Hall–Kier alpha value is -3.89. The predicted octanol–water partition coefficient (Wildman–Crippen LogP) is 3.91. The van der Waals surface area contributed by atoms with Crippen molar-refractivity contribution in [1.29, 1.82) is 0 Å². The third-order valence-corrected chi connectivity index (χ3v) is 3.86. The fourth-order valence-corrected chi connectivity index (χ4v) is 2.40. The van der Waals surface area contributed by atoms with Crippen molar-refractivity contribution < 1.29 is 14.2 Å². The van der Waals surface area contributed by atoms with Crippen molar-refractivity contribution in [2.45, 2.75) is 0 Å². The lowest BCUT2D eigenvalue weighted by Crippen LogP contribution is -1.89. The molecule has 4 nitrogen and oxygen atoms in total. The minimum atomic E-state index is 0.642. The average Bonchev–Trinajstić information content (AvgIpc) is 2.76. The van der Waals surface area contributed by atoms with Gasteiger partial charge in [-0.15, -0.1) is 0 Å². The summed E-state index contributed by atoms with van der Waals surface area (Å²) in [6.45, 7) is 0. The Bertz CT molecular complexity index is 1060. The van der Waals surface area contributed by atoms with Gasteiger partial charge >= 0.3 is 0 Å². The van der Waals surface area contributed by atoms with Crippen LogP contribution in [0.2, 0.25) is 0 Å². The summed E-state index contributed by atoms with van der Waals surface area (Å²) in [6.07, 6.45) is 0. The van der Waals surface area contributed by atoms with Gasteiger partial charge in [0.1, 0.15) is 28.6 Å².